The number of likely N-dealkylation sites (N-methyl/N-ethyl adjacent to an activating group) is 1. The monoisotopic (exact) mass is 285 g/mol. The first kappa shape index (κ1) is 16.8. The van der Waals surface area contributed by atoms with Crippen LogP contribution in [0.1, 0.15) is 33.1 Å². The number of urea groups is 1. The number of nitrogens with one attached hydrogen (secondary N) is 1. The van der Waals surface area contributed by atoms with Crippen LogP contribution in [0.3, 0.4) is 0 Å². The highest BCUT2D eigenvalue weighted by Gasteiger charge is 2.34. The quantitative estimate of drug-likeness (QED) is 0.769. The van der Waals surface area contributed by atoms with E-state index in [1.54, 1.807) is 4.90 Å². The summed E-state index contributed by atoms with van der Waals surface area (Å²) in [6.45, 7) is 5.55. The highest BCUT2D eigenvalue weighted by atomic mass is 16.4. The molecular formula is C14H27N3O3. The van der Waals surface area contributed by atoms with Crippen LogP contribution >= 0.6 is 0 Å². The molecule has 0 radical (unpaired) electrons. The molecule has 0 aliphatic carbocycles. The van der Waals surface area contributed by atoms with Gasteiger partial charge in [0.2, 0.25) is 0 Å². The number of amides is 2. The van der Waals surface area contributed by atoms with Gasteiger partial charge in [-0.1, -0.05) is 20.3 Å². The van der Waals surface area contributed by atoms with Gasteiger partial charge in [0.1, 0.15) is 0 Å². The third kappa shape index (κ3) is 4.67. The summed E-state index contributed by atoms with van der Waals surface area (Å²) in [4.78, 5) is 27.0. The van der Waals surface area contributed by atoms with Crippen LogP contribution < -0.4 is 5.32 Å². The molecule has 1 aliphatic heterocycles. The molecule has 20 heavy (non-hydrogen) atoms. The van der Waals surface area contributed by atoms with Crippen molar-refractivity contribution in [3.63, 3.8) is 0 Å². The molecule has 6 nitrogen and oxygen atoms in total. The predicted octanol–water partition coefficient (Wildman–Crippen LogP) is 1.22. The molecule has 3 atom stereocenters. The summed E-state index contributed by atoms with van der Waals surface area (Å²) in [7, 11) is 4.04. The van der Waals surface area contributed by atoms with E-state index in [9.17, 15) is 9.59 Å². The third-order valence-corrected chi connectivity index (χ3v) is 3.91. The molecule has 1 rings (SSSR count). The molecule has 0 spiro atoms. The topological polar surface area (TPSA) is 72.9 Å². The zero-order valence-corrected chi connectivity index (χ0v) is 12.9. The summed E-state index contributed by atoms with van der Waals surface area (Å²) in [6.07, 6.45) is 1.54. The fraction of sp³-hybridized carbons (Fsp3) is 0.857. The number of hydrogen-bond acceptors (Lipinski definition) is 3. The van der Waals surface area contributed by atoms with Gasteiger partial charge >= 0.3 is 12.0 Å². The maximum absolute atomic E-state index is 12.2. The fourth-order valence-electron chi connectivity index (χ4n) is 2.84. The van der Waals surface area contributed by atoms with Crippen LogP contribution in [-0.4, -0.2) is 66.2 Å². The molecular weight excluding hydrogens is 258 g/mol. The van der Waals surface area contributed by atoms with Crippen molar-refractivity contribution in [1.29, 1.82) is 0 Å². The van der Waals surface area contributed by atoms with Crippen LogP contribution in [-0.2, 0) is 4.79 Å². The Hall–Kier alpha value is -1.30. The molecule has 1 saturated heterocycles. The van der Waals surface area contributed by atoms with E-state index in [1.807, 2.05) is 21.0 Å². The zero-order valence-electron chi connectivity index (χ0n) is 12.9. The van der Waals surface area contributed by atoms with Gasteiger partial charge in [0.15, 0.2) is 0 Å². The summed E-state index contributed by atoms with van der Waals surface area (Å²) in [5.74, 6) is -0.440. The summed E-state index contributed by atoms with van der Waals surface area (Å²) >= 11 is 0. The van der Waals surface area contributed by atoms with Crippen LogP contribution in [0.25, 0.3) is 0 Å². The summed E-state index contributed by atoms with van der Waals surface area (Å²) < 4.78 is 0. The van der Waals surface area contributed by atoms with Gasteiger partial charge in [-0.05, 0) is 26.4 Å². The van der Waals surface area contributed by atoms with Crippen molar-refractivity contribution in [2.75, 3.05) is 27.2 Å². The smallest absolute Gasteiger partial charge is 0.317 e. The van der Waals surface area contributed by atoms with E-state index in [4.69, 9.17) is 5.11 Å². The Labute approximate surface area is 121 Å². The van der Waals surface area contributed by atoms with Crippen LogP contribution in [0.2, 0.25) is 0 Å². The fourth-order valence-corrected chi connectivity index (χ4v) is 2.84. The van der Waals surface area contributed by atoms with E-state index in [1.165, 1.54) is 0 Å². The van der Waals surface area contributed by atoms with Gasteiger partial charge < -0.3 is 20.2 Å². The first-order chi connectivity index (χ1) is 9.35. The van der Waals surface area contributed by atoms with Crippen molar-refractivity contribution in [1.82, 2.24) is 15.1 Å². The van der Waals surface area contributed by atoms with Crippen LogP contribution in [0.5, 0.6) is 0 Å². The van der Waals surface area contributed by atoms with Gasteiger partial charge in [-0.3, -0.25) is 4.79 Å². The summed E-state index contributed by atoms with van der Waals surface area (Å²) in [6, 6.07) is -0.0514. The van der Waals surface area contributed by atoms with Gasteiger partial charge in [0.05, 0.1) is 6.42 Å². The predicted molar refractivity (Wildman–Crippen MR) is 77.7 cm³/mol. The van der Waals surface area contributed by atoms with Gasteiger partial charge in [-0.2, -0.15) is 0 Å². The molecule has 0 bridgehead atoms. The maximum Gasteiger partial charge on any atom is 0.317 e. The second kappa shape index (κ2) is 7.47. The van der Waals surface area contributed by atoms with Crippen LogP contribution in [0.15, 0.2) is 0 Å². The number of carbonyl (C=O) groups excluding carboxylic acids is 1. The Kier molecular flexibility index (Phi) is 6.26. The molecule has 1 heterocycles. The molecule has 1 aliphatic rings. The molecule has 6 heteroatoms. The first-order valence-corrected chi connectivity index (χ1v) is 7.28. The van der Waals surface area contributed by atoms with Crippen LogP contribution in [0.4, 0.5) is 4.79 Å². The van der Waals surface area contributed by atoms with E-state index in [0.29, 0.717) is 24.9 Å². The lowest BCUT2D eigenvalue weighted by atomic mass is 10.1. The highest BCUT2D eigenvalue weighted by Crippen LogP contribution is 2.20. The molecule has 0 aromatic heterocycles. The molecule has 116 valence electrons. The average Bonchev–Trinajstić information content (AvgIpc) is 2.71. The Morgan fingerprint density at radius 1 is 1.40 bits per heavy atom. The molecule has 3 unspecified atom stereocenters. The van der Waals surface area contributed by atoms with E-state index in [2.05, 4.69) is 17.1 Å². The number of carboxylic acids is 1. The number of hydrogen-bond donors (Lipinski definition) is 2. The SMILES string of the molecule is CCCC(CC(=O)O)NC(=O)N1CC(C)C(N(C)C)C1. The van der Waals surface area contributed by atoms with Crippen molar-refractivity contribution < 1.29 is 14.7 Å². The van der Waals surface area contributed by atoms with Gasteiger partial charge in [-0.25, -0.2) is 4.79 Å². The second-order valence-corrected chi connectivity index (χ2v) is 5.95. The lowest BCUT2D eigenvalue weighted by Gasteiger charge is -2.24. The van der Waals surface area contributed by atoms with Crippen LogP contribution in [0, 0.1) is 5.92 Å². The van der Waals surface area contributed by atoms with E-state index >= 15 is 0 Å². The molecule has 2 amide bonds. The molecule has 0 saturated carbocycles. The minimum absolute atomic E-state index is 0.0138. The van der Waals surface area contributed by atoms with Gasteiger partial charge in [0.25, 0.3) is 0 Å². The van der Waals surface area contributed by atoms with E-state index < -0.39 is 5.97 Å². The second-order valence-electron chi connectivity index (χ2n) is 5.95. The molecule has 2 N–H and O–H groups in total. The van der Waals surface area contributed by atoms with Crippen molar-refractivity contribution >= 4 is 12.0 Å². The normalized spacial score (nSPS) is 23.9. The standard InChI is InChI=1S/C14H27N3O3/c1-5-6-11(7-13(18)19)15-14(20)17-8-10(2)12(9-17)16(3)4/h10-12H,5-9H2,1-4H3,(H,15,20)(H,18,19). The van der Waals surface area contributed by atoms with Crippen molar-refractivity contribution in [2.24, 2.45) is 5.92 Å². The minimum atomic E-state index is -0.871. The Morgan fingerprint density at radius 2 is 2.05 bits per heavy atom. The summed E-state index contributed by atoms with van der Waals surface area (Å²) in [5, 5.41) is 11.7. The van der Waals surface area contributed by atoms with E-state index in [-0.39, 0.29) is 18.5 Å². The van der Waals surface area contributed by atoms with Crippen molar-refractivity contribution in [3.05, 3.63) is 0 Å². The Morgan fingerprint density at radius 3 is 2.50 bits per heavy atom. The average molecular weight is 285 g/mol. The van der Waals surface area contributed by atoms with E-state index in [0.717, 1.165) is 13.0 Å². The van der Waals surface area contributed by atoms with Gasteiger partial charge in [0, 0.05) is 25.2 Å². The third-order valence-electron chi connectivity index (χ3n) is 3.91. The Balaban J connectivity index is 2.55. The zero-order chi connectivity index (χ0) is 15.3. The van der Waals surface area contributed by atoms with Crippen molar-refractivity contribution in [3.8, 4) is 0 Å². The maximum atomic E-state index is 12.2. The highest BCUT2D eigenvalue weighted by molar-refractivity contribution is 5.76. The first-order valence-electron chi connectivity index (χ1n) is 7.28. The molecule has 1 fully saturated rings. The largest absolute Gasteiger partial charge is 0.481 e. The number of nitrogens with zero attached hydrogens (tertiary/aromatic N) is 2. The molecule has 0 aromatic rings. The lowest BCUT2D eigenvalue weighted by molar-refractivity contribution is -0.137. The minimum Gasteiger partial charge on any atom is -0.481 e. The van der Waals surface area contributed by atoms with Crippen molar-refractivity contribution in [2.45, 2.75) is 45.2 Å². The number of carboxylic acid groups (broad SMARTS) is 1. The number of rotatable bonds is 6. The summed E-state index contributed by atoms with van der Waals surface area (Å²) in [5.41, 5.74) is 0. The molecule has 0 aromatic carbocycles. The number of aliphatic carboxylic acids is 1. The lowest BCUT2D eigenvalue weighted by Crippen LogP contribution is -2.45. The Bertz CT molecular complexity index is 347. The van der Waals surface area contributed by atoms with Gasteiger partial charge in [-0.15, -0.1) is 0 Å². The number of likely N-dealkylation sites (tertiary alicyclic amines) is 1. The number of carbonyl (C=O) groups is 2.